The van der Waals surface area contributed by atoms with Gasteiger partial charge in [-0.1, -0.05) is 35.3 Å². The minimum absolute atomic E-state index is 0.504. The first-order valence-electron chi connectivity index (χ1n) is 5.86. The van der Waals surface area contributed by atoms with Crippen molar-refractivity contribution in [2.24, 2.45) is 0 Å². The molecule has 0 radical (unpaired) electrons. The molecule has 0 fully saturated rings. The number of aromatic nitrogens is 1. The van der Waals surface area contributed by atoms with E-state index < -0.39 is 6.10 Å². The van der Waals surface area contributed by atoms with Crippen LogP contribution in [0.2, 0.25) is 10.0 Å². The van der Waals surface area contributed by atoms with Gasteiger partial charge in [0, 0.05) is 32.7 Å². The second-order valence-corrected chi connectivity index (χ2v) is 5.20. The van der Waals surface area contributed by atoms with Gasteiger partial charge in [-0.05, 0) is 35.9 Å². The van der Waals surface area contributed by atoms with E-state index in [1.807, 2.05) is 30.5 Å². The normalized spacial score (nSPS) is 12.8. The summed E-state index contributed by atoms with van der Waals surface area (Å²) in [7, 11) is 0. The number of H-pyrrole nitrogens is 1. The van der Waals surface area contributed by atoms with Crippen LogP contribution in [0, 0.1) is 0 Å². The summed E-state index contributed by atoms with van der Waals surface area (Å²) in [6.45, 7) is 0. The van der Waals surface area contributed by atoms with Crippen molar-refractivity contribution in [3.8, 4) is 0 Å². The lowest BCUT2D eigenvalue weighted by Gasteiger charge is -2.14. The molecule has 1 heterocycles. The van der Waals surface area contributed by atoms with E-state index in [4.69, 9.17) is 23.2 Å². The van der Waals surface area contributed by atoms with Crippen molar-refractivity contribution >= 4 is 34.1 Å². The highest BCUT2D eigenvalue weighted by atomic mass is 35.5. The summed E-state index contributed by atoms with van der Waals surface area (Å²) in [6.07, 6.45) is 1.05. The molecule has 0 saturated heterocycles. The molecule has 1 unspecified atom stereocenters. The van der Waals surface area contributed by atoms with E-state index >= 15 is 0 Å². The Balaban J connectivity index is 2.15. The van der Waals surface area contributed by atoms with E-state index in [1.165, 1.54) is 0 Å². The topological polar surface area (TPSA) is 36.0 Å². The van der Waals surface area contributed by atoms with Crippen LogP contribution in [0.25, 0.3) is 10.9 Å². The summed E-state index contributed by atoms with van der Waals surface area (Å²) in [5, 5.41) is 12.6. The van der Waals surface area contributed by atoms with Crippen molar-refractivity contribution in [1.82, 2.24) is 4.98 Å². The van der Waals surface area contributed by atoms with Gasteiger partial charge in [0.1, 0.15) is 6.10 Å². The molecule has 3 aromatic rings. The number of hydrogen-bond donors (Lipinski definition) is 2. The van der Waals surface area contributed by atoms with Gasteiger partial charge in [0.25, 0.3) is 0 Å². The molecule has 0 aliphatic heterocycles. The molecule has 0 amide bonds. The lowest BCUT2D eigenvalue weighted by atomic mass is 9.98. The molecule has 0 spiro atoms. The van der Waals surface area contributed by atoms with Crippen LogP contribution in [0.5, 0.6) is 0 Å². The fraction of sp³-hybridized carbons (Fsp3) is 0.0667. The highest BCUT2D eigenvalue weighted by Crippen LogP contribution is 2.33. The molecule has 0 aliphatic carbocycles. The van der Waals surface area contributed by atoms with Crippen molar-refractivity contribution in [2.75, 3.05) is 0 Å². The number of aromatic amines is 1. The number of benzene rings is 2. The number of halogens is 2. The van der Waals surface area contributed by atoms with Crippen LogP contribution in [0.4, 0.5) is 0 Å². The summed E-state index contributed by atoms with van der Waals surface area (Å²) in [4.78, 5) is 3.12. The Morgan fingerprint density at radius 3 is 2.68 bits per heavy atom. The molecule has 1 atom stereocenters. The summed E-state index contributed by atoms with van der Waals surface area (Å²) in [5.74, 6) is 0. The average molecular weight is 292 g/mol. The lowest BCUT2D eigenvalue weighted by molar-refractivity contribution is 0.222. The van der Waals surface area contributed by atoms with Crippen molar-refractivity contribution in [3.05, 3.63) is 69.8 Å². The van der Waals surface area contributed by atoms with Gasteiger partial charge in [0.05, 0.1) is 0 Å². The maximum Gasteiger partial charge on any atom is 0.106 e. The van der Waals surface area contributed by atoms with Gasteiger partial charge in [0.15, 0.2) is 0 Å². The predicted octanol–water partition coefficient (Wildman–Crippen LogP) is 4.56. The zero-order valence-corrected chi connectivity index (χ0v) is 11.4. The molecule has 0 aliphatic rings. The lowest BCUT2D eigenvalue weighted by Crippen LogP contribution is -2.01. The van der Waals surface area contributed by atoms with Crippen molar-refractivity contribution in [2.45, 2.75) is 6.10 Å². The minimum Gasteiger partial charge on any atom is -0.384 e. The smallest absolute Gasteiger partial charge is 0.106 e. The summed E-state index contributed by atoms with van der Waals surface area (Å²) < 4.78 is 0. The van der Waals surface area contributed by atoms with Crippen LogP contribution < -0.4 is 0 Å². The van der Waals surface area contributed by atoms with Crippen molar-refractivity contribution < 1.29 is 5.11 Å². The predicted molar refractivity (Wildman–Crippen MR) is 78.8 cm³/mol. The first kappa shape index (κ1) is 12.5. The maximum atomic E-state index is 10.6. The van der Waals surface area contributed by atoms with Gasteiger partial charge in [-0.2, -0.15) is 0 Å². The van der Waals surface area contributed by atoms with E-state index in [0.29, 0.717) is 15.6 Å². The average Bonchev–Trinajstić information content (AvgIpc) is 2.89. The van der Waals surface area contributed by atoms with Crippen LogP contribution in [0.3, 0.4) is 0 Å². The number of aliphatic hydroxyl groups excluding tert-OH is 1. The standard InChI is InChI=1S/C15H11Cl2NO/c16-9-4-5-13(17)12(8-9)15(19)11-2-1-3-14-10(11)6-7-18-14/h1-8,15,18-19H. The van der Waals surface area contributed by atoms with Crippen LogP contribution >= 0.6 is 23.2 Å². The van der Waals surface area contributed by atoms with E-state index in [0.717, 1.165) is 16.5 Å². The fourth-order valence-electron chi connectivity index (χ4n) is 2.24. The third-order valence-corrected chi connectivity index (χ3v) is 3.76. The van der Waals surface area contributed by atoms with Gasteiger partial charge in [-0.3, -0.25) is 0 Å². The zero-order chi connectivity index (χ0) is 13.4. The minimum atomic E-state index is -0.800. The summed E-state index contributed by atoms with van der Waals surface area (Å²) in [5.41, 5.74) is 2.40. The third-order valence-electron chi connectivity index (χ3n) is 3.18. The third kappa shape index (κ3) is 2.23. The van der Waals surface area contributed by atoms with Gasteiger partial charge in [-0.25, -0.2) is 0 Å². The molecule has 2 N–H and O–H groups in total. The highest BCUT2D eigenvalue weighted by molar-refractivity contribution is 6.33. The largest absolute Gasteiger partial charge is 0.384 e. The molecular weight excluding hydrogens is 281 g/mol. The second kappa shape index (κ2) is 4.89. The molecule has 19 heavy (non-hydrogen) atoms. The highest BCUT2D eigenvalue weighted by Gasteiger charge is 2.17. The van der Waals surface area contributed by atoms with Gasteiger partial charge in [-0.15, -0.1) is 0 Å². The van der Waals surface area contributed by atoms with E-state index in [2.05, 4.69) is 4.98 Å². The number of fused-ring (bicyclic) bond motifs is 1. The SMILES string of the molecule is OC(c1cc(Cl)ccc1Cl)c1cccc2[nH]ccc12. The molecule has 96 valence electrons. The quantitative estimate of drug-likeness (QED) is 0.714. The van der Waals surface area contributed by atoms with E-state index in [9.17, 15) is 5.11 Å². The van der Waals surface area contributed by atoms with Gasteiger partial charge in [0.2, 0.25) is 0 Å². The second-order valence-electron chi connectivity index (χ2n) is 4.35. The monoisotopic (exact) mass is 291 g/mol. The van der Waals surface area contributed by atoms with Gasteiger partial charge >= 0.3 is 0 Å². The molecule has 2 aromatic carbocycles. The molecule has 0 bridgehead atoms. The number of nitrogens with one attached hydrogen (secondary N) is 1. The fourth-order valence-corrected chi connectivity index (χ4v) is 2.64. The Kier molecular flexibility index (Phi) is 3.23. The Labute approximate surface area is 120 Å². The molecular formula is C15H11Cl2NO. The Morgan fingerprint density at radius 2 is 1.84 bits per heavy atom. The van der Waals surface area contributed by atoms with Gasteiger partial charge < -0.3 is 10.1 Å². The van der Waals surface area contributed by atoms with Crippen molar-refractivity contribution in [3.63, 3.8) is 0 Å². The zero-order valence-electron chi connectivity index (χ0n) is 9.90. The number of aliphatic hydroxyl groups is 1. The Morgan fingerprint density at radius 1 is 1.00 bits per heavy atom. The Bertz CT molecular complexity index is 736. The molecule has 1 aromatic heterocycles. The van der Waals surface area contributed by atoms with Crippen LogP contribution in [-0.2, 0) is 0 Å². The molecule has 2 nitrogen and oxygen atoms in total. The first-order chi connectivity index (χ1) is 9.16. The van der Waals surface area contributed by atoms with E-state index in [-0.39, 0.29) is 0 Å². The summed E-state index contributed by atoms with van der Waals surface area (Å²) >= 11 is 12.1. The van der Waals surface area contributed by atoms with E-state index in [1.54, 1.807) is 18.2 Å². The van der Waals surface area contributed by atoms with Crippen molar-refractivity contribution in [1.29, 1.82) is 0 Å². The number of rotatable bonds is 2. The molecule has 4 heteroatoms. The summed E-state index contributed by atoms with van der Waals surface area (Å²) in [6, 6.07) is 12.8. The number of hydrogen-bond acceptors (Lipinski definition) is 1. The Hall–Kier alpha value is -1.48. The van der Waals surface area contributed by atoms with Crippen LogP contribution in [0.1, 0.15) is 17.2 Å². The first-order valence-corrected chi connectivity index (χ1v) is 6.61. The molecule has 0 saturated carbocycles. The maximum absolute atomic E-state index is 10.6. The van der Waals surface area contributed by atoms with Crippen LogP contribution in [-0.4, -0.2) is 10.1 Å². The molecule has 3 rings (SSSR count). The van der Waals surface area contributed by atoms with Crippen LogP contribution in [0.15, 0.2) is 48.7 Å².